The van der Waals surface area contributed by atoms with Gasteiger partial charge in [0, 0.05) is 19.2 Å². The predicted molar refractivity (Wildman–Crippen MR) is 113 cm³/mol. The molecule has 0 radical (unpaired) electrons. The van der Waals surface area contributed by atoms with Gasteiger partial charge < -0.3 is 5.32 Å². The molecule has 0 saturated heterocycles. The fourth-order valence-corrected chi connectivity index (χ4v) is 5.92. The zero-order valence-electron chi connectivity index (χ0n) is 13.8. The first kappa shape index (κ1) is 18.8. The minimum atomic E-state index is -0.0772. The number of hydrogen-bond acceptors (Lipinski definition) is 5. The number of aryl methyl sites for hydroxylation is 3. The molecular formula is C17H15Br2N3OS2. The van der Waals surface area contributed by atoms with Crippen molar-refractivity contribution in [1.29, 1.82) is 0 Å². The van der Waals surface area contributed by atoms with Crippen molar-refractivity contribution in [2.75, 3.05) is 11.1 Å². The van der Waals surface area contributed by atoms with Crippen molar-refractivity contribution in [3.63, 3.8) is 0 Å². The molecule has 0 fully saturated rings. The van der Waals surface area contributed by atoms with Crippen LogP contribution in [0.3, 0.4) is 0 Å². The molecule has 4 nitrogen and oxygen atoms in total. The van der Waals surface area contributed by atoms with E-state index in [-0.39, 0.29) is 11.7 Å². The van der Waals surface area contributed by atoms with Gasteiger partial charge in [-0.1, -0.05) is 11.8 Å². The Morgan fingerprint density at radius 2 is 1.88 bits per heavy atom. The van der Waals surface area contributed by atoms with Crippen LogP contribution in [0.5, 0.6) is 0 Å². The molecule has 0 atom stereocenters. The lowest BCUT2D eigenvalue weighted by molar-refractivity contribution is -0.113. The van der Waals surface area contributed by atoms with E-state index in [1.54, 1.807) is 17.7 Å². The minimum Gasteiger partial charge on any atom is -0.323 e. The fraction of sp³-hybridized carbons (Fsp3) is 0.235. The summed E-state index contributed by atoms with van der Waals surface area (Å²) in [7, 11) is 0. The summed E-state index contributed by atoms with van der Waals surface area (Å²) < 4.78 is 1.71. The maximum Gasteiger partial charge on any atom is 0.234 e. The Labute approximate surface area is 171 Å². The molecule has 3 rings (SSSR count). The molecule has 0 aliphatic rings. The first-order valence-electron chi connectivity index (χ1n) is 7.46. The van der Waals surface area contributed by atoms with Crippen molar-refractivity contribution in [3.8, 4) is 0 Å². The van der Waals surface area contributed by atoms with E-state index in [0.29, 0.717) is 0 Å². The van der Waals surface area contributed by atoms with Crippen LogP contribution in [0.25, 0.3) is 10.2 Å². The Morgan fingerprint density at radius 1 is 1.20 bits per heavy atom. The highest BCUT2D eigenvalue weighted by atomic mass is 79.9. The second-order valence-corrected chi connectivity index (χ2v) is 9.46. The number of fused-ring (bicyclic) bond motifs is 1. The van der Waals surface area contributed by atoms with E-state index in [1.165, 1.54) is 22.2 Å². The Kier molecular flexibility index (Phi) is 5.82. The summed E-state index contributed by atoms with van der Waals surface area (Å²) in [6.07, 6.45) is 1.56. The van der Waals surface area contributed by atoms with Crippen molar-refractivity contribution in [2.45, 2.75) is 25.8 Å². The highest BCUT2D eigenvalue weighted by Crippen LogP contribution is 2.35. The Bertz CT molecular complexity index is 949. The van der Waals surface area contributed by atoms with Gasteiger partial charge in [0.15, 0.2) is 0 Å². The molecule has 0 aliphatic heterocycles. The third-order valence-corrected chi connectivity index (χ3v) is 7.08. The van der Waals surface area contributed by atoms with Crippen molar-refractivity contribution in [2.24, 2.45) is 0 Å². The molecule has 2 aromatic heterocycles. The van der Waals surface area contributed by atoms with Crippen LogP contribution in [-0.4, -0.2) is 21.6 Å². The summed E-state index contributed by atoms with van der Waals surface area (Å²) in [6.45, 7) is 6.15. The molecule has 0 unspecified atom stereocenters. The van der Waals surface area contributed by atoms with Gasteiger partial charge >= 0.3 is 0 Å². The van der Waals surface area contributed by atoms with Gasteiger partial charge in [0.25, 0.3) is 0 Å². The van der Waals surface area contributed by atoms with Crippen LogP contribution in [-0.2, 0) is 4.79 Å². The first-order valence-corrected chi connectivity index (χ1v) is 10.8. The summed E-state index contributed by atoms with van der Waals surface area (Å²) in [5.74, 6) is 0.208. The van der Waals surface area contributed by atoms with Crippen LogP contribution in [0.1, 0.15) is 16.0 Å². The van der Waals surface area contributed by atoms with Crippen LogP contribution in [0.15, 0.2) is 32.4 Å². The lowest BCUT2D eigenvalue weighted by Gasteiger charge is -2.11. The number of nitrogens with one attached hydrogen (secondary N) is 1. The van der Waals surface area contributed by atoms with E-state index in [1.807, 2.05) is 19.1 Å². The molecule has 8 heteroatoms. The van der Waals surface area contributed by atoms with Crippen LogP contribution in [0, 0.1) is 20.8 Å². The second-order valence-electron chi connectivity index (χ2n) is 5.58. The number of aromatic nitrogens is 2. The van der Waals surface area contributed by atoms with Crippen LogP contribution in [0.2, 0.25) is 0 Å². The predicted octanol–water partition coefficient (Wildman–Crippen LogP) is 5.87. The molecule has 25 heavy (non-hydrogen) atoms. The van der Waals surface area contributed by atoms with Gasteiger partial charge in [-0.2, -0.15) is 0 Å². The highest BCUT2D eigenvalue weighted by molar-refractivity contribution is 9.11. The quantitative estimate of drug-likeness (QED) is 0.359. The molecule has 1 aromatic carbocycles. The molecule has 0 aliphatic carbocycles. The number of thioether (sulfide) groups is 1. The third kappa shape index (κ3) is 4.07. The Morgan fingerprint density at radius 3 is 2.56 bits per heavy atom. The second kappa shape index (κ2) is 7.73. The average Bonchev–Trinajstić information content (AvgIpc) is 2.84. The summed E-state index contributed by atoms with van der Waals surface area (Å²) >= 11 is 10.1. The topological polar surface area (TPSA) is 54.9 Å². The van der Waals surface area contributed by atoms with Gasteiger partial charge in [-0.15, -0.1) is 11.3 Å². The number of anilines is 1. The molecule has 0 bridgehead atoms. The normalized spacial score (nSPS) is 11.1. The number of carbonyl (C=O) groups excluding carboxylic acids is 1. The number of rotatable bonds is 4. The Hall–Kier alpha value is -0.960. The summed E-state index contributed by atoms with van der Waals surface area (Å²) in [6, 6.07) is 3.94. The SMILES string of the molecule is Cc1cc(Br)c(NC(=O)CSc2ncnc3sc(C)c(C)c23)c(Br)c1. The number of thiophene rings is 1. The van der Waals surface area contributed by atoms with Gasteiger partial charge in [-0.05, 0) is 75.9 Å². The van der Waals surface area contributed by atoms with Crippen molar-refractivity contribution >= 4 is 76.8 Å². The highest BCUT2D eigenvalue weighted by Gasteiger charge is 2.15. The molecule has 130 valence electrons. The standard InChI is InChI=1S/C17H15Br2N3OS2/c1-8-4-11(18)15(12(19)5-8)22-13(23)6-24-16-14-9(2)10(3)25-17(14)21-7-20-16/h4-5,7H,6H2,1-3H3,(H,22,23). The number of halogens is 2. The van der Waals surface area contributed by atoms with E-state index >= 15 is 0 Å². The monoisotopic (exact) mass is 499 g/mol. The summed E-state index contributed by atoms with van der Waals surface area (Å²) in [5, 5.41) is 4.86. The molecule has 0 saturated carbocycles. The molecule has 1 N–H and O–H groups in total. The number of nitrogens with zero attached hydrogens (tertiary/aromatic N) is 2. The number of benzene rings is 1. The van der Waals surface area contributed by atoms with Crippen LogP contribution < -0.4 is 5.32 Å². The summed E-state index contributed by atoms with van der Waals surface area (Å²) in [4.78, 5) is 23.3. The molecule has 1 amide bonds. The van der Waals surface area contributed by atoms with E-state index in [2.05, 4.69) is 61.0 Å². The van der Waals surface area contributed by atoms with E-state index < -0.39 is 0 Å². The van der Waals surface area contributed by atoms with Crippen molar-refractivity contribution < 1.29 is 4.79 Å². The van der Waals surface area contributed by atoms with Gasteiger partial charge in [0.2, 0.25) is 5.91 Å². The third-order valence-electron chi connectivity index (χ3n) is 3.72. The lowest BCUT2D eigenvalue weighted by atomic mass is 10.2. The van der Waals surface area contributed by atoms with Crippen LogP contribution in [0.4, 0.5) is 5.69 Å². The number of amides is 1. The maximum absolute atomic E-state index is 12.4. The molecule has 2 heterocycles. The summed E-state index contributed by atoms with van der Waals surface area (Å²) in [5.41, 5.74) is 3.04. The van der Waals surface area contributed by atoms with Gasteiger partial charge in [-0.25, -0.2) is 9.97 Å². The fourth-order valence-electron chi connectivity index (χ4n) is 2.39. The Balaban J connectivity index is 1.76. The maximum atomic E-state index is 12.4. The van der Waals surface area contributed by atoms with E-state index in [9.17, 15) is 4.79 Å². The van der Waals surface area contributed by atoms with Gasteiger partial charge in [-0.3, -0.25) is 4.79 Å². The lowest BCUT2D eigenvalue weighted by Crippen LogP contribution is -2.15. The van der Waals surface area contributed by atoms with Crippen molar-refractivity contribution in [3.05, 3.63) is 43.4 Å². The van der Waals surface area contributed by atoms with E-state index in [4.69, 9.17) is 0 Å². The molecule has 3 aromatic rings. The zero-order chi connectivity index (χ0) is 18.1. The van der Waals surface area contributed by atoms with Crippen molar-refractivity contribution in [1.82, 2.24) is 9.97 Å². The minimum absolute atomic E-state index is 0.0772. The average molecular weight is 501 g/mol. The molecular weight excluding hydrogens is 486 g/mol. The van der Waals surface area contributed by atoms with E-state index in [0.717, 1.165) is 35.4 Å². The largest absolute Gasteiger partial charge is 0.323 e. The van der Waals surface area contributed by atoms with Gasteiger partial charge in [0.1, 0.15) is 16.2 Å². The van der Waals surface area contributed by atoms with Gasteiger partial charge in [0.05, 0.1) is 11.4 Å². The smallest absolute Gasteiger partial charge is 0.234 e. The number of hydrogen-bond donors (Lipinski definition) is 1. The van der Waals surface area contributed by atoms with Crippen LogP contribution >= 0.6 is 55.0 Å². The molecule has 0 spiro atoms. The first-order chi connectivity index (χ1) is 11.9. The zero-order valence-corrected chi connectivity index (χ0v) is 18.6. The number of carbonyl (C=O) groups is 1.